The second-order valence-electron chi connectivity index (χ2n) is 10.8. The fourth-order valence-corrected chi connectivity index (χ4v) is 6.16. The predicted octanol–water partition coefficient (Wildman–Crippen LogP) is 5.88. The van der Waals surface area contributed by atoms with Gasteiger partial charge in [0.15, 0.2) is 0 Å². The highest BCUT2D eigenvalue weighted by Crippen LogP contribution is 2.25. The van der Waals surface area contributed by atoms with Crippen LogP contribution in [0, 0.1) is 12.7 Å². The maximum absolute atomic E-state index is 14.4. The summed E-state index contributed by atoms with van der Waals surface area (Å²) in [5.41, 5.74) is 2.97. The van der Waals surface area contributed by atoms with Crippen LogP contribution in [-0.2, 0) is 32.6 Å². The molecule has 0 aromatic heterocycles. The van der Waals surface area contributed by atoms with Gasteiger partial charge in [-0.15, -0.1) is 0 Å². The molecule has 0 spiro atoms. The largest absolute Gasteiger partial charge is 0.352 e. The Morgan fingerprint density at radius 3 is 2.00 bits per heavy atom. The lowest BCUT2D eigenvalue weighted by Gasteiger charge is -2.34. The number of hydrogen-bond donors (Lipinski definition) is 1. The van der Waals surface area contributed by atoms with Crippen molar-refractivity contribution >= 4 is 27.5 Å². The minimum atomic E-state index is -4.29. The summed E-state index contributed by atoms with van der Waals surface area (Å²) in [4.78, 5) is 29.5. The van der Waals surface area contributed by atoms with Gasteiger partial charge in [-0.3, -0.25) is 13.9 Å². The number of carbonyl (C=O) groups is 2. The van der Waals surface area contributed by atoms with Gasteiger partial charge in [0.05, 0.1) is 10.6 Å². The molecule has 4 aromatic rings. The number of nitrogens with one attached hydrogen (secondary N) is 1. The monoisotopic (exact) mass is 615 g/mol. The van der Waals surface area contributed by atoms with Crippen LogP contribution >= 0.6 is 0 Å². The van der Waals surface area contributed by atoms with Crippen molar-refractivity contribution in [2.24, 2.45) is 0 Å². The molecule has 0 aliphatic rings. The molecule has 0 unspecified atom stereocenters. The lowest BCUT2D eigenvalue weighted by Crippen LogP contribution is -2.54. The maximum Gasteiger partial charge on any atom is 0.264 e. The Labute approximate surface area is 259 Å². The third kappa shape index (κ3) is 8.32. The molecule has 2 atom stereocenters. The van der Waals surface area contributed by atoms with Crippen LogP contribution in [0.25, 0.3) is 0 Å². The predicted molar refractivity (Wildman–Crippen MR) is 171 cm³/mol. The lowest BCUT2D eigenvalue weighted by atomic mass is 10.0. The van der Waals surface area contributed by atoms with Crippen molar-refractivity contribution in [2.75, 3.05) is 10.8 Å². The molecule has 0 aliphatic heterocycles. The summed E-state index contributed by atoms with van der Waals surface area (Å²) in [6.07, 6.45) is 0.935. The molecule has 230 valence electrons. The van der Waals surface area contributed by atoms with E-state index >= 15 is 0 Å². The normalized spacial score (nSPS) is 12.6. The highest BCUT2D eigenvalue weighted by atomic mass is 32.2. The molecular formula is C35H38FN3O4S. The summed E-state index contributed by atoms with van der Waals surface area (Å²) >= 11 is 0. The lowest BCUT2D eigenvalue weighted by molar-refractivity contribution is -0.140. The van der Waals surface area contributed by atoms with Gasteiger partial charge in [0, 0.05) is 19.0 Å². The molecule has 0 bridgehead atoms. The molecule has 0 radical (unpaired) electrons. The van der Waals surface area contributed by atoms with E-state index in [-0.39, 0.29) is 35.5 Å². The van der Waals surface area contributed by atoms with Crippen molar-refractivity contribution in [2.45, 2.75) is 57.1 Å². The molecule has 4 rings (SSSR count). The van der Waals surface area contributed by atoms with Crippen LogP contribution < -0.4 is 9.62 Å². The standard InChI is InChI=1S/C35H38FN3O4S/c1-4-27(3)37-35(41)33(23-28-11-7-5-8-12-28)38(24-29-17-15-26(2)16-18-29)34(40)25-39(31-13-9-6-10-14-31)44(42,43)32-21-19-30(36)20-22-32/h5-22,27,33H,4,23-25H2,1-3H3,(H,37,41)/t27-,33+/m1/s1. The van der Waals surface area contributed by atoms with Gasteiger partial charge in [-0.05, 0) is 67.8 Å². The first-order valence-corrected chi connectivity index (χ1v) is 16.0. The van der Waals surface area contributed by atoms with E-state index in [1.807, 2.05) is 75.4 Å². The molecular weight excluding hydrogens is 577 g/mol. The molecule has 1 N–H and O–H groups in total. The van der Waals surface area contributed by atoms with Crippen LogP contribution in [0.4, 0.5) is 10.1 Å². The van der Waals surface area contributed by atoms with Crippen molar-refractivity contribution in [3.8, 4) is 0 Å². The van der Waals surface area contributed by atoms with Gasteiger partial charge in [-0.1, -0.05) is 85.3 Å². The van der Waals surface area contributed by atoms with E-state index in [0.29, 0.717) is 6.42 Å². The Bertz CT molecular complexity index is 1630. The van der Waals surface area contributed by atoms with Crippen molar-refractivity contribution < 1.29 is 22.4 Å². The Balaban J connectivity index is 1.78. The van der Waals surface area contributed by atoms with Gasteiger partial charge in [-0.25, -0.2) is 12.8 Å². The smallest absolute Gasteiger partial charge is 0.264 e. The molecule has 7 nitrogen and oxygen atoms in total. The quantitative estimate of drug-likeness (QED) is 0.203. The third-order valence-corrected chi connectivity index (χ3v) is 9.26. The fourth-order valence-electron chi connectivity index (χ4n) is 4.74. The van der Waals surface area contributed by atoms with E-state index in [4.69, 9.17) is 0 Å². The van der Waals surface area contributed by atoms with Crippen LogP contribution in [-0.4, -0.2) is 43.8 Å². The minimum absolute atomic E-state index is 0.0871. The highest BCUT2D eigenvalue weighted by molar-refractivity contribution is 7.92. The number of amides is 2. The van der Waals surface area contributed by atoms with Crippen LogP contribution in [0.2, 0.25) is 0 Å². The number of benzene rings is 4. The summed E-state index contributed by atoms with van der Waals surface area (Å²) in [7, 11) is -4.29. The maximum atomic E-state index is 14.4. The van der Waals surface area contributed by atoms with E-state index in [2.05, 4.69) is 5.32 Å². The van der Waals surface area contributed by atoms with E-state index < -0.39 is 34.3 Å². The van der Waals surface area contributed by atoms with Crippen molar-refractivity contribution in [1.29, 1.82) is 0 Å². The zero-order valence-electron chi connectivity index (χ0n) is 25.2. The summed E-state index contributed by atoms with van der Waals surface area (Å²) in [6, 6.07) is 28.8. The number of nitrogens with zero attached hydrogens (tertiary/aromatic N) is 2. The van der Waals surface area contributed by atoms with Gasteiger partial charge in [-0.2, -0.15) is 0 Å². The summed E-state index contributed by atoms with van der Waals surface area (Å²) in [5.74, 6) is -1.46. The van der Waals surface area contributed by atoms with Gasteiger partial charge in [0.25, 0.3) is 10.0 Å². The SMILES string of the molecule is CC[C@@H](C)NC(=O)[C@H](Cc1ccccc1)N(Cc1ccc(C)cc1)C(=O)CN(c1ccccc1)S(=O)(=O)c1ccc(F)cc1. The first-order chi connectivity index (χ1) is 21.1. The molecule has 2 amide bonds. The number of para-hydroxylation sites is 1. The van der Waals surface area contributed by atoms with E-state index in [1.165, 1.54) is 17.0 Å². The van der Waals surface area contributed by atoms with Crippen LogP contribution in [0.15, 0.2) is 114 Å². The zero-order valence-corrected chi connectivity index (χ0v) is 26.0. The van der Waals surface area contributed by atoms with Crippen LogP contribution in [0.1, 0.15) is 37.0 Å². The number of sulfonamides is 1. The third-order valence-electron chi connectivity index (χ3n) is 7.47. The van der Waals surface area contributed by atoms with Gasteiger partial charge < -0.3 is 10.2 Å². The van der Waals surface area contributed by atoms with E-state index in [9.17, 15) is 22.4 Å². The number of anilines is 1. The second kappa shape index (κ2) is 14.8. The summed E-state index contributed by atoms with van der Waals surface area (Å²) in [6.45, 7) is 5.34. The van der Waals surface area contributed by atoms with Crippen LogP contribution in [0.5, 0.6) is 0 Å². The van der Waals surface area contributed by atoms with E-state index in [0.717, 1.165) is 33.1 Å². The average molecular weight is 616 g/mol. The number of hydrogen-bond acceptors (Lipinski definition) is 4. The number of carbonyl (C=O) groups excluding carboxylic acids is 2. The Kier molecular flexibility index (Phi) is 10.9. The number of aryl methyl sites for hydroxylation is 1. The molecule has 0 aliphatic carbocycles. The number of rotatable bonds is 13. The second-order valence-corrected chi connectivity index (χ2v) is 12.7. The Hall–Kier alpha value is -4.50. The highest BCUT2D eigenvalue weighted by Gasteiger charge is 2.35. The van der Waals surface area contributed by atoms with Crippen molar-refractivity contribution in [1.82, 2.24) is 10.2 Å². The van der Waals surface area contributed by atoms with Crippen LogP contribution in [0.3, 0.4) is 0 Å². The molecule has 0 saturated heterocycles. The first kappa shape index (κ1) is 32.4. The van der Waals surface area contributed by atoms with Gasteiger partial charge >= 0.3 is 0 Å². The molecule has 9 heteroatoms. The van der Waals surface area contributed by atoms with Crippen molar-refractivity contribution in [3.05, 3.63) is 132 Å². The Morgan fingerprint density at radius 2 is 1.41 bits per heavy atom. The molecule has 4 aromatic carbocycles. The molecule has 0 heterocycles. The summed E-state index contributed by atoms with van der Waals surface area (Å²) < 4.78 is 42.6. The zero-order chi connectivity index (χ0) is 31.7. The average Bonchev–Trinajstić information content (AvgIpc) is 3.03. The molecule has 44 heavy (non-hydrogen) atoms. The van der Waals surface area contributed by atoms with E-state index in [1.54, 1.807) is 30.3 Å². The van der Waals surface area contributed by atoms with Crippen molar-refractivity contribution in [3.63, 3.8) is 0 Å². The van der Waals surface area contributed by atoms with Gasteiger partial charge in [0.1, 0.15) is 18.4 Å². The fraction of sp³-hybridized carbons (Fsp3) is 0.257. The summed E-state index contributed by atoms with van der Waals surface area (Å²) in [5, 5.41) is 3.03. The minimum Gasteiger partial charge on any atom is -0.352 e. The first-order valence-electron chi connectivity index (χ1n) is 14.6. The Morgan fingerprint density at radius 1 is 0.818 bits per heavy atom. The molecule has 0 saturated carbocycles. The topological polar surface area (TPSA) is 86.8 Å². The number of halogens is 1. The molecule has 0 fully saturated rings. The van der Waals surface area contributed by atoms with Gasteiger partial charge in [0.2, 0.25) is 11.8 Å².